The molecule has 0 heterocycles. The van der Waals surface area contributed by atoms with Crippen molar-refractivity contribution >= 4 is 17.5 Å². The van der Waals surface area contributed by atoms with Crippen molar-refractivity contribution in [2.45, 2.75) is 26.2 Å². The highest BCUT2D eigenvalue weighted by Gasteiger charge is 2.32. The van der Waals surface area contributed by atoms with E-state index in [0.717, 1.165) is 32.4 Å². The van der Waals surface area contributed by atoms with Crippen molar-refractivity contribution in [3.63, 3.8) is 0 Å². The molecular weight excluding hydrogens is 174 g/mol. The molecule has 0 aromatic carbocycles. The lowest BCUT2D eigenvalue weighted by Crippen LogP contribution is -2.33. The van der Waals surface area contributed by atoms with Crippen LogP contribution in [0, 0.1) is 5.92 Å². The minimum Gasteiger partial charge on any atom is -0.343 e. The zero-order chi connectivity index (χ0) is 8.97. The lowest BCUT2D eigenvalue weighted by atomic mass is 10.3. The molecule has 0 aliphatic heterocycles. The third-order valence-electron chi connectivity index (χ3n) is 2.18. The second kappa shape index (κ2) is 4.70. The SMILES string of the molecule is CCN(CCCCl)C(=O)C1CC1. The van der Waals surface area contributed by atoms with Gasteiger partial charge in [0, 0.05) is 24.9 Å². The predicted molar refractivity (Wildman–Crippen MR) is 50.3 cm³/mol. The summed E-state index contributed by atoms with van der Waals surface area (Å²) >= 11 is 5.56. The summed E-state index contributed by atoms with van der Waals surface area (Å²) in [6.45, 7) is 3.68. The molecular formula is C9H16ClNO. The normalized spacial score (nSPS) is 16.2. The predicted octanol–water partition coefficient (Wildman–Crippen LogP) is 1.87. The van der Waals surface area contributed by atoms with Gasteiger partial charge in [-0.3, -0.25) is 4.79 Å². The van der Waals surface area contributed by atoms with E-state index in [9.17, 15) is 4.79 Å². The van der Waals surface area contributed by atoms with Crippen molar-refractivity contribution in [1.29, 1.82) is 0 Å². The Kier molecular flexibility index (Phi) is 3.86. The van der Waals surface area contributed by atoms with Crippen molar-refractivity contribution in [2.24, 2.45) is 5.92 Å². The Balaban J connectivity index is 2.27. The van der Waals surface area contributed by atoms with Crippen molar-refractivity contribution in [1.82, 2.24) is 4.90 Å². The zero-order valence-corrected chi connectivity index (χ0v) is 8.31. The summed E-state index contributed by atoms with van der Waals surface area (Å²) in [6.07, 6.45) is 3.10. The maximum atomic E-state index is 11.5. The van der Waals surface area contributed by atoms with Gasteiger partial charge in [0.05, 0.1) is 0 Å². The number of nitrogens with zero attached hydrogens (tertiary/aromatic N) is 1. The Labute approximate surface area is 78.9 Å². The smallest absolute Gasteiger partial charge is 0.225 e. The van der Waals surface area contributed by atoms with E-state index in [2.05, 4.69) is 0 Å². The highest BCUT2D eigenvalue weighted by molar-refractivity contribution is 6.17. The van der Waals surface area contributed by atoms with Crippen LogP contribution >= 0.6 is 11.6 Å². The van der Waals surface area contributed by atoms with E-state index in [1.165, 1.54) is 0 Å². The Morgan fingerprint density at radius 2 is 2.25 bits per heavy atom. The molecule has 1 rings (SSSR count). The van der Waals surface area contributed by atoms with Gasteiger partial charge in [-0.1, -0.05) is 0 Å². The molecule has 12 heavy (non-hydrogen) atoms. The lowest BCUT2D eigenvalue weighted by Gasteiger charge is -2.19. The van der Waals surface area contributed by atoms with E-state index in [0.29, 0.717) is 17.7 Å². The fourth-order valence-electron chi connectivity index (χ4n) is 1.26. The molecule has 0 radical (unpaired) electrons. The molecule has 1 aliphatic rings. The van der Waals surface area contributed by atoms with E-state index in [4.69, 9.17) is 11.6 Å². The van der Waals surface area contributed by atoms with Gasteiger partial charge < -0.3 is 4.90 Å². The van der Waals surface area contributed by atoms with E-state index >= 15 is 0 Å². The minimum atomic E-state index is 0.336. The van der Waals surface area contributed by atoms with E-state index in [1.54, 1.807) is 0 Å². The van der Waals surface area contributed by atoms with E-state index in [-0.39, 0.29) is 0 Å². The molecule has 0 atom stereocenters. The summed E-state index contributed by atoms with van der Waals surface area (Å²) in [6, 6.07) is 0. The van der Waals surface area contributed by atoms with Crippen LogP contribution in [0.1, 0.15) is 26.2 Å². The quantitative estimate of drug-likeness (QED) is 0.605. The fourth-order valence-corrected chi connectivity index (χ4v) is 1.38. The maximum Gasteiger partial charge on any atom is 0.225 e. The summed E-state index contributed by atoms with van der Waals surface area (Å²) in [5.74, 6) is 1.33. The maximum absolute atomic E-state index is 11.5. The second-order valence-corrected chi connectivity index (χ2v) is 3.61. The van der Waals surface area contributed by atoms with Gasteiger partial charge in [0.25, 0.3) is 0 Å². The number of rotatable bonds is 5. The Morgan fingerprint density at radius 3 is 2.67 bits per heavy atom. The molecule has 3 heteroatoms. The van der Waals surface area contributed by atoms with Gasteiger partial charge in [0.15, 0.2) is 0 Å². The molecule has 0 N–H and O–H groups in total. The third kappa shape index (κ3) is 2.67. The molecule has 0 saturated heterocycles. The Hall–Kier alpha value is -0.240. The molecule has 2 nitrogen and oxygen atoms in total. The van der Waals surface area contributed by atoms with Crippen LogP contribution < -0.4 is 0 Å². The average Bonchev–Trinajstić information content (AvgIpc) is 2.88. The van der Waals surface area contributed by atoms with Gasteiger partial charge in [-0.25, -0.2) is 0 Å². The number of hydrogen-bond acceptors (Lipinski definition) is 1. The number of hydrogen-bond donors (Lipinski definition) is 0. The monoisotopic (exact) mass is 189 g/mol. The van der Waals surface area contributed by atoms with Crippen LogP contribution in [0.25, 0.3) is 0 Å². The lowest BCUT2D eigenvalue weighted by molar-refractivity contribution is -0.132. The molecule has 0 aromatic rings. The third-order valence-corrected chi connectivity index (χ3v) is 2.45. The zero-order valence-electron chi connectivity index (χ0n) is 7.55. The number of halogens is 1. The first-order valence-electron chi connectivity index (χ1n) is 4.64. The standard InChI is InChI=1S/C9H16ClNO/c1-2-11(7-3-6-10)9(12)8-4-5-8/h8H,2-7H2,1H3. The van der Waals surface area contributed by atoms with Crippen LogP contribution in [-0.2, 0) is 4.79 Å². The average molecular weight is 190 g/mol. The summed E-state index contributed by atoms with van der Waals surface area (Å²) in [5, 5.41) is 0. The first kappa shape index (κ1) is 9.85. The number of carbonyl (C=O) groups is 1. The van der Waals surface area contributed by atoms with Crippen LogP contribution in [0.2, 0.25) is 0 Å². The van der Waals surface area contributed by atoms with Crippen LogP contribution in [-0.4, -0.2) is 29.8 Å². The van der Waals surface area contributed by atoms with Gasteiger partial charge >= 0.3 is 0 Å². The van der Waals surface area contributed by atoms with Crippen molar-refractivity contribution in [3.8, 4) is 0 Å². The molecule has 0 bridgehead atoms. The summed E-state index contributed by atoms with van der Waals surface area (Å²) in [5.41, 5.74) is 0. The first-order chi connectivity index (χ1) is 5.79. The number of amides is 1. The number of carbonyl (C=O) groups excluding carboxylic acids is 1. The summed E-state index contributed by atoms with van der Waals surface area (Å²) in [7, 11) is 0. The van der Waals surface area contributed by atoms with Gasteiger partial charge in [0.1, 0.15) is 0 Å². The molecule has 0 aromatic heterocycles. The van der Waals surface area contributed by atoms with Gasteiger partial charge in [0.2, 0.25) is 5.91 Å². The Morgan fingerprint density at radius 1 is 1.58 bits per heavy atom. The molecule has 1 fully saturated rings. The second-order valence-electron chi connectivity index (χ2n) is 3.23. The summed E-state index contributed by atoms with van der Waals surface area (Å²) in [4.78, 5) is 13.4. The molecule has 1 saturated carbocycles. The van der Waals surface area contributed by atoms with Crippen molar-refractivity contribution in [3.05, 3.63) is 0 Å². The van der Waals surface area contributed by atoms with Gasteiger partial charge in [-0.2, -0.15) is 0 Å². The molecule has 0 unspecified atom stereocenters. The van der Waals surface area contributed by atoms with Crippen molar-refractivity contribution in [2.75, 3.05) is 19.0 Å². The molecule has 1 amide bonds. The molecule has 70 valence electrons. The largest absolute Gasteiger partial charge is 0.343 e. The van der Waals surface area contributed by atoms with Gasteiger partial charge in [-0.05, 0) is 26.2 Å². The number of alkyl halides is 1. The van der Waals surface area contributed by atoms with Crippen LogP contribution in [0.5, 0.6) is 0 Å². The van der Waals surface area contributed by atoms with Crippen LogP contribution in [0.15, 0.2) is 0 Å². The summed E-state index contributed by atoms with van der Waals surface area (Å²) < 4.78 is 0. The van der Waals surface area contributed by atoms with Crippen LogP contribution in [0.3, 0.4) is 0 Å². The van der Waals surface area contributed by atoms with E-state index < -0.39 is 0 Å². The van der Waals surface area contributed by atoms with E-state index in [1.807, 2.05) is 11.8 Å². The van der Waals surface area contributed by atoms with Crippen LogP contribution in [0.4, 0.5) is 0 Å². The highest BCUT2D eigenvalue weighted by atomic mass is 35.5. The topological polar surface area (TPSA) is 20.3 Å². The fraction of sp³-hybridized carbons (Fsp3) is 0.889. The minimum absolute atomic E-state index is 0.336. The Bertz CT molecular complexity index is 157. The molecule has 1 aliphatic carbocycles. The van der Waals surface area contributed by atoms with Gasteiger partial charge in [-0.15, -0.1) is 11.6 Å². The molecule has 0 spiro atoms. The first-order valence-corrected chi connectivity index (χ1v) is 5.17. The van der Waals surface area contributed by atoms with Crippen molar-refractivity contribution < 1.29 is 4.79 Å². The highest BCUT2D eigenvalue weighted by Crippen LogP contribution is 2.30.